The molecule has 6 nitrogen and oxygen atoms in total. The molecule has 28 heavy (non-hydrogen) atoms. The van der Waals surface area contributed by atoms with Crippen LogP contribution in [0.5, 0.6) is 0 Å². The molecule has 3 aromatic rings. The Morgan fingerprint density at radius 3 is 2.07 bits per heavy atom. The van der Waals surface area contributed by atoms with Gasteiger partial charge in [-0.05, 0) is 22.8 Å². The molecule has 0 amide bonds. The number of carboxylic acids is 1. The molecule has 3 rings (SSSR count). The molecule has 0 saturated carbocycles. The molecule has 0 aliphatic heterocycles. The summed E-state index contributed by atoms with van der Waals surface area (Å²) in [5.74, 6) is -1.60. The van der Waals surface area contributed by atoms with Gasteiger partial charge in [-0.25, -0.2) is 4.79 Å². The Bertz CT molecular complexity index is 1190. The van der Waals surface area contributed by atoms with Crippen LogP contribution in [0.4, 0.5) is 0 Å². The number of rotatable bonds is 4. The predicted molar refractivity (Wildman–Crippen MR) is 103 cm³/mol. The molecular weight excluding hydrogens is 354 g/mol. The fraction of sp³-hybridized carbons (Fsp3) is 0.0909. The zero-order chi connectivity index (χ0) is 20.4. The average Bonchev–Trinajstić information content (AvgIpc) is 3.00. The zero-order valence-corrected chi connectivity index (χ0v) is 15.2. The van der Waals surface area contributed by atoms with Crippen LogP contribution in [0, 0.1) is 22.7 Å². The summed E-state index contributed by atoms with van der Waals surface area (Å²) in [5, 5.41) is 28.5. The molecule has 0 aliphatic carbocycles. The Morgan fingerprint density at radius 2 is 1.54 bits per heavy atom. The van der Waals surface area contributed by atoms with E-state index in [1.54, 1.807) is 36.4 Å². The van der Waals surface area contributed by atoms with Gasteiger partial charge in [-0.3, -0.25) is 4.79 Å². The van der Waals surface area contributed by atoms with Gasteiger partial charge in [0.1, 0.15) is 17.5 Å². The predicted octanol–water partition coefficient (Wildman–Crippen LogP) is 4.00. The second-order valence-corrected chi connectivity index (χ2v) is 6.21. The maximum Gasteiger partial charge on any atom is 0.353 e. The Balaban J connectivity index is 2.22. The van der Waals surface area contributed by atoms with E-state index >= 15 is 0 Å². The summed E-state index contributed by atoms with van der Waals surface area (Å²) in [7, 11) is 1.46. The lowest BCUT2D eigenvalue weighted by Crippen LogP contribution is -2.10. The first-order valence-electron chi connectivity index (χ1n) is 8.37. The van der Waals surface area contributed by atoms with E-state index in [-0.39, 0.29) is 28.3 Å². The molecule has 0 bridgehead atoms. The van der Waals surface area contributed by atoms with E-state index in [0.29, 0.717) is 11.1 Å². The Kier molecular flexibility index (Phi) is 4.80. The second-order valence-electron chi connectivity index (χ2n) is 6.21. The Labute approximate surface area is 161 Å². The van der Waals surface area contributed by atoms with E-state index in [1.807, 2.05) is 18.2 Å². The van der Waals surface area contributed by atoms with Crippen LogP contribution in [-0.4, -0.2) is 21.4 Å². The molecule has 1 N–H and O–H groups in total. The number of hydrogen-bond donors (Lipinski definition) is 1. The van der Waals surface area contributed by atoms with Gasteiger partial charge in [0.25, 0.3) is 0 Å². The third-order valence-corrected chi connectivity index (χ3v) is 4.57. The largest absolute Gasteiger partial charge is 0.477 e. The summed E-state index contributed by atoms with van der Waals surface area (Å²) < 4.78 is 1.25. The molecule has 0 spiro atoms. The van der Waals surface area contributed by atoms with E-state index in [4.69, 9.17) is 0 Å². The van der Waals surface area contributed by atoms with Crippen molar-refractivity contribution in [3.63, 3.8) is 0 Å². The molecule has 0 unspecified atom stereocenters. The van der Waals surface area contributed by atoms with E-state index in [0.717, 1.165) is 11.1 Å². The zero-order valence-electron chi connectivity index (χ0n) is 15.2. The van der Waals surface area contributed by atoms with Gasteiger partial charge in [0.05, 0.1) is 17.2 Å². The van der Waals surface area contributed by atoms with Crippen molar-refractivity contribution in [3.8, 4) is 34.4 Å². The highest BCUT2D eigenvalue weighted by Crippen LogP contribution is 2.34. The lowest BCUT2D eigenvalue weighted by Gasteiger charge is -2.07. The third-order valence-electron chi connectivity index (χ3n) is 4.57. The van der Waals surface area contributed by atoms with Gasteiger partial charge in [0.15, 0.2) is 5.78 Å². The van der Waals surface area contributed by atoms with Crippen molar-refractivity contribution in [3.05, 3.63) is 71.0 Å². The summed E-state index contributed by atoms with van der Waals surface area (Å²) in [6, 6.07) is 18.2. The fourth-order valence-electron chi connectivity index (χ4n) is 3.39. The number of carbonyl (C=O) groups excluding carboxylic acids is 1. The normalized spacial score (nSPS) is 10.1. The van der Waals surface area contributed by atoms with Crippen LogP contribution >= 0.6 is 0 Å². The number of Topliss-reactive ketones (excluding diaryl/α,β-unsaturated/α-hetero) is 1. The number of aromatic carboxylic acids is 1. The van der Waals surface area contributed by atoms with Gasteiger partial charge >= 0.3 is 5.97 Å². The maximum absolute atomic E-state index is 12.0. The SMILES string of the molecule is CC(=O)c1c(C#N)c(-c2ccc(-c3ccccc3C#N)cc2)c(C(=O)O)n1C. The number of benzene rings is 2. The highest BCUT2D eigenvalue weighted by atomic mass is 16.4. The lowest BCUT2D eigenvalue weighted by atomic mass is 9.95. The summed E-state index contributed by atoms with van der Waals surface area (Å²) in [5.41, 5.74) is 2.78. The standard InChI is InChI=1S/C22H15N3O3/c1-13(26)20-18(12-24)19(21(22(27)28)25(20)2)15-9-7-14(8-10-15)17-6-4-3-5-16(17)11-23/h3-10H,1-2H3,(H,27,28). The quantitative estimate of drug-likeness (QED) is 0.699. The van der Waals surface area contributed by atoms with Gasteiger partial charge in [-0.2, -0.15) is 10.5 Å². The minimum absolute atomic E-state index is 0.0394. The van der Waals surface area contributed by atoms with Gasteiger partial charge in [-0.15, -0.1) is 0 Å². The number of ketones is 1. The number of nitriles is 2. The highest BCUT2D eigenvalue weighted by Gasteiger charge is 2.28. The second kappa shape index (κ2) is 7.22. The van der Waals surface area contributed by atoms with E-state index in [9.17, 15) is 25.2 Å². The molecule has 2 aromatic carbocycles. The molecule has 136 valence electrons. The Morgan fingerprint density at radius 1 is 0.929 bits per heavy atom. The molecule has 0 saturated heterocycles. The van der Waals surface area contributed by atoms with Gasteiger partial charge < -0.3 is 9.67 Å². The van der Waals surface area contributed by atoms with Crippen molar-refractivity contribution < 1.29 is 14.7 Å². The summed E-state index contributed by atoms with van der Waals surface area (Å²) in [6.07, 6.45) is 0. The molecule has 1 heterocycles. The van der Waals surface area contributed by atoms with Crippen molar-refractivity contribution in [1.29, 1.82) is 10.5 Å². The minimum atomic E-state index is -1.22. The number of carboxylic acid groups (broad SMARTS) is 1. The minimum Gasteiger partial charge on any atom is -0.477 e. The summed E-state index contributed by atoms with van der Waals surface area (Å²) >= 11 is 0. The number of carbonyl (C=O) groups is 2. The summed E-state index contributed by atoms with van der Waals surface area (Å²) in [4.78, 5) is 23.8. The first-order valence-corrected chi connectivity index (χ1v) is 8.37. The maximum atomic E-state index is 12.0. The van der Waals surface area contributed by atoms with Crippen LogP contribution in [0.1, 0.15) is 39.0 Å². The van der Waals surface area contributed by atoms with Crippen molar-refractivity contribution in [2.45, 2.75) is 6.92 Å². The molecule has 1 aromatic heterocycles. The van der Waals surface area contributed by atoms with Crippen molar-refractivity contribution in [2.24, 2.45) is 7.05 Å². The number of aromatic nitrogens is 1. The van der Waals surface area contributed by atoms with Gasteiger partial charge in [0.2, 0.25) is 0 Å². The van der Waals surface area contributed by atoms with Crippen molar-refractivity contribution >= 4 is 11.8 Å². The van der Waals surface area contributed by atoms with Gasteiger partial charge in [0, 0.05) is 19.5 Å². The molecule has 0 atom stereocenters. The number of nitrogens with zero attached hydrogens (tertiary/aromatic N) is 3. The number of hydrogen-bond acceptors (Lipinski definition) is 4. The fourth-order valence-corrected chi connectivity index (χ4v) is 3.39. The topological polar surface area (TPSA) is 107 Å². The smallest absolute Gasteiger partial charge is 0.353 e. The van der Waals surface area contributed by atoms with Gasteiger partial charge in [-0.1, -0.05) is 42.5 Å². The molecule has 6 heteroatoms. The summed E-state index contributed by atoms with van der Waals surface area (Å²) in [6.45, 7) is 1.30. The first kappa shape index (κ1) is 18.6. The van der Waals surface area contributed by atoms with Crippen LogP contribution in [0.15, 0.2) is 48.5 Å². The van der Waals surface area contributed by atoms with Crippen LogP contribution in [0.2, 0.25) is 0 Å². The van der Waals surface area contributed by atoms with Crippen LogP contribution in [-0.2, 0) is 7.05 Å². The van der Waals surface area contributed by atoms with Crippen LogP contribution in [0.3, 0.4) is 0 Å². The molecule has 0 aliphatic rings. The third kappa shape index (κ3) is 2.94. The van der Waals surface area contributed by atoms with E-state index in [1.165, 1.54) is 18.5 Å². The van der Waals surface area contributed by atoms with Crippen molar-refractivity contribution in [2.75, 3.05) is 0 Å². The molecule has 0 fully saturated rings. The van der Waals surface area contributed by atoms with E-state index in [2.05, 4.69) is 6.07 Å². The molecular formula is C22H15N3O3. The average molecular weight is 369 g/mol. The highest BCUT2D eigenvalue weighted by molar-refractivity contribution is 6.04. The Hall–Kier alpha value is -4.16. The lowest BCUT2D eigenvalue weighted by molar-refractivity contribution is 0.0687. The monoisotopic (exact) mass is 369 g/mol. The van der Waals surface area contributed by atoms with Crippen LogP contribution in [0.25, 0.3) is 22.3 Å². The van der Waals surface area contributed by atoms with Crippen molar-refractivity contribution in [1.82, 2.24) is 4.57 Å². The molecule has 0 radical (unpaired) electrons. The first-order chi connectivity index (χ1) is 13.4. The van der Waals surface area contributed by atoms with E-state index < -0.39 is 5.97 Å². The van der Waals surface area contributed by atoms with Crippen LogP contribution < -0.4 is 0 Å².